The van der Waals surface area contributed by atoms with E-state index in [2.05, 4.69) is 186 Å². The number of aliphatic hydroxyl groups is 1. The van der Waals surface area contributed by atoms with Crippen LogP contribution in [0.3, 0.4) is 0 Å². The van der Waals surface area contributed by atoms with Crippen LogP contribution < -0.4 is 0 Å². The number of ether oxygens (including phenoxy) is 4. The molecule has 0 rings (SSSR count). The largest absolute Gasteiger partial charge is 0.472 e. The van der Waals surface area contributed by atoms with Crippen LogP contribution in [-0.4, -0.2) is 96.7 Å². The number of allylic oxidation sites excluding steroid dienone is 26. The first-order valence-corrected chi connectivity index (χ1v) is 42.7. The maximum atomic E-state index is 13.1. The maximum Gasteiger partial charge on any atom is 0.472 e. The Morgan fingerprint density at radius 1 is 0.279 bits per heavy atom. The van der Waals surface area contributed by atoms with E-state index in [1.54, 1.807) is 0 Å². The zero-order chi connectivity index (χ0) is 76.0. The third-order valence-electron chi connectivity index (χ3n) is 16.0. The van der Waals surface area contributed by atoms with Crippen molar-refractivity contribution in [3.8, 4) is 0 Å². The van der Waals surface area contributed by atoms with Gasteiger partial charge < -0.3 is 33.8 Å². The van der Waals surface area contributed by atoms with E-state index in [1.807, 2.05) is 0 Å². The van der Waals surface area contributed by atoms with Crippen LogP contribution >= 0.6 is 15.6 Å². The van der Waals surface area contributed by atoms with Crippen LogP contribution in [0, 0.1) is 0 Å². The second-order valence-electron chi connectivity index (χ2n) is 25.9. The van der Waals surface area contributed by atoms with E-state index in [4.69, 9.17) is 37.0 Å². The molecule has 0 aromatic rings. The summed E-state index contributed by atoms with van der Waals surface area (Å²) in [6.07, 6.45) is 87.9. The fourth-order valence-electron chi connectivity index (χ4n) is 10.0. The van der Waals surface area contributed by atoms with Crippen molar-refractivity contribution in [3.63, 3.8) is 0 Å². The van der Waals surface area contributed by atoms with Gasteiger partial charge in [-0.15, -0.1) is 0 Å². The highest BCUT2D eigenvalue weighted by atomic mass is 31.2. The van der Waals surface area contributed by atoms with E-state index >= 15 is 0 Å². The molecule has 0 aliphatic rings. The Morgan fingerprint density at radius 3 is 0.788 bits per heavy atom. The van der Waals surface area contributed by atoms with Crippen molar-refractivity contribution in [2.75, 3.05) is 39.6 Å². The van der Waals surface area contributed by atoms with Crippen molar-refractivity contribution < 1.29 is 80.2 Å². The van der Waals surface area contributed by atoms with Gasteiger partial charge in [0.1, 0.15) is 19.3 Å². The lowest BCUT2D eigenvalue weighted by Crippen LogP contribution is -2.30. The molecule has 0 aromatic heterocycles. The second kappa shape index (κ2) is 75.9. The lowest BCUT2D eigenvalue weighted by Gasteiger charge is -2.21. The highest BCUT2D eigenvalue weighted by molar-refractivity contribution is 7.47. The summed E-state index contributed by atoms with van der Waals surface area (Å²) < 4.78 is 68.5. The summed E-state index contributed by atoms with van der Waals surface area (Å²) in [5.41, 5.74) is 0. The lowest BCUT2D eigenvalue weighted by molar-refractivity contribution is -0.161. The normalized spacial score (nSPS) is 14.7. The molecular formula is C85H140O17P2. The first kappa shape index (κ1) is 98.7. The highest BCUT2D eigenvalue weighted by Gasteiger charge is 2.30. The molecule has 0 bridgehead atoms. The van der Waals surface area contributed by atoms with Crippen molar-refractivity contribution >= 4 is 39.5 Å². The van der Waals surface area contributed by atoms with Gasteiger partial charge in [-0.25, -0.2) is 9.13 Å². The van der Waals surface area contributed by atoms with Crippen molar-refractivity contribution in [1.82, 2.24) is 0 Å². The summed E-state index contributed by atoms with van der Waals surface area (Å²) in [5.74, 6) is -2.27. The molecule has 0 heterocycles. The standard InChI is InChI=1S/C85H140O17P2/c1-5-9-13-17-21-25-29-33-36-38-39-41-44-47-50-54-58-62-66-70-83(88)95-75-80(101-84(89)71-67-63-59-55-51-45-32-28-24-20-16-12-8-4)77-99-103(91,92)97-73-79(86)74-98-104(93,94)100-78-81(102-85(90)72-68-64-60-56-52-48-42-35-31-27-23-19-15-11-7-3)76-96-82(87)69-65-61-57-53-49-46-43-40-37-34-30-26-22-18-14-10-6-2/h9-11,13-15,21-23,25-28,32-37,39,41-43,46-47,50,79-81,86H,5-8,12,16-20,24,29-31,38,40,44-45,48-49,51-78H2,1-4H3,(H,91,92)(H,93,94)/b13-9-,14-10-,15-11-,25-21-,26-22-,27-23-,32-28-,36-33-,37-34-,41-39-,42-35-,46-43-,50-47-. The minimum atomic E-state index is -5.00. The highest BCUT2D eigenvalue weighted by Crippen LogP contribution is 2.45. The first-order valence-electron chi connectivity index (χ1n) is 39.7. The smallest absolute Gasteiger partial charge is 0.462 e. The van der Waals surface area contributed by atoms with Gasteiger partial charge in [-0.3, -0.25) is 37.3 Å². The number of unbranched alkanes of at least 4 members (excludes halogenated alkanes) is 21. The van der Waals surface area contributed by atoms with E-state index in [1.165, 1.54) is 25.7 Å². The minimum absolute atomic E-state index is 0.0641. The maximum absolute atomic E-state index is 13.1. The van der Waals surface area contributed by atoms with E-state index in [0.717, 1.165) is 193 Å². The molecule has 0 amide bonds. The molecule has 592 valence electrons. The van der Waals surface area contributed by atoms with Gasteiger partial charge in [0.25, 0.3) is 0 Å². The molecule has 3 N–H and O–H groups in total. The number of phosphoric acid groups is 2. The molecule has 0 aliphatic carbocycles. The zero-order valence-electron chi connectivity index (χ0n) is 64.6. The summed E-state index contributed by atoms with van der Waals surface area (Å²) in [5, 5.41) is 10.6. The van der Waals surface area contributed by atoms with Gasteiger partial charge in [0.15, 0.2) is 12.2 Å². The predicted molar refractivity (Wildman–Crippen MR) is 427 cm³/mol. The number of rotatable bonds is 73. The van der Waals surface area contributed by atoms with Crippen LogP contribution in [0.25, 0.3) is 0 Å². The number of carbonyl (C=O) groups excluding carboxylic acids is 4. The Kier molecular flexibility index (Phi) is 72.0. The van der Waals surface area contributed by atoms with Gasteiger partial charge >= 0.3 is 39.5 Å². The third kappa shape index (κ3) is 74.9. The fraction of sp³-hybridized carbons (Fsp3) is 0.647. The van der Waals surface area contributed by atoms with Crippen LogP contribution in [-0.2, 0) is 65.4 Å². The van der Waals surface area contributed by atoms with Gasteiger partial charge in [-0.2, -0.15) is 0 Å². The number of phosphoric ester groups is 2. The summed E-state index contributed by atoms with van der Waals surface area (Å²) >= 11 is 0. The number of hydrogen-bond acceptors (Lipinski definition) is 15. The van der Waals surface area contributed by atoms with E-state index in [-0.39, 0.29) is 25.7 Å². The van der Waals surface area contributed by atoms with Crippen molar-refractivity contribution in [2.45, 2.75) is 316 Å². The molecule has 0 spiro atoms. The van der Waals surface area contributed by atoms with Gasteiger partial charge in [-0.1, -0.05) is 263 Å². The summed E-state index contributed by atoms with van der Waals surface area (Å²) in [4.78, 5) is 73.0. The van der Waals surface area contributed by atoms with E-state index in [0.29, 0.717) is 25.7 Å². The zero-order valence-corrected chi connectivity index (χ0v) is 66.4. The lowest BCUT2D eigenvalue weighted by atomic mass is 10.1. The van der Waals surface area contributed by atoms with Crippen LogP contribution in [0.4, 0.5) is 0 Å². The molecule has 0 radical (unpaired) electrons. The Labute approximate surface area is 629 Å². The molecule has 5 atom stereocenters. The van der Waals surface area contributed by atoms with Crippen molar-refractivity contribution in [2.24, 2.45) is 0 Å². The average molecular weight is 1500 g/mol. The summed E-state index contributed by atoms with van der Waals surface area (Å²) in [6.45, 7) is 4.42. The first-order chi connectivity index (χ1) is 50.7. The van der Waals surface area contributed by atoms with Gasteiger partial charge in [0, 0.05) is 25.7 Å². The Hall–Kier alpha value is -5.32. The SMILES string of the molecule is CC/C=C\C/C=C\C/C=C\C/C=C\C/C=C\CCCCCC(=O)OCC(COP(=O)(O)OCC(O)COP(=O)(O)OCC(COC(=O)CCCCCC/C=C\C/C=C\C/C=C\C/C=C\CC)OC(=O)CCCCCCC/C=C\C/C=C\C/C=C\CC)OC(=O)CCCCCCC/C=C\CCCCCC. The number of hydrogen-bond donors (Lipinski definition) is 3. The molecule has 0 aliphatic heterocycles. The monoisotopic (exact) mass is 1490 g/mol. The number of esters is 4. The molecule has 17 nitrogen and oxygen atoms in total. The second-order valence-corrected chi connectivity index (χ2v) is 28.8. The summed E-state index contributed by atoms with van der Waals surface area (Å²) in [6, 6.07) is 0. The Bertz CT molecular complexity index is 2590. The van der Waals surface area contributed by atoms with Gasteiger partial charge in [-0.05, 0) is 167 Å². The molecule has 0 saturated heterocycles. The molecular weight excluding hydrogens is 1350 g/mol. The molecule has 0 aromatic carbocycles. The molecule has 5 unspecified atom stereocenters. The molecule has 0 fully saturated rings. The average Bonchev–Trinajstić information content (AvgIpc) is 0.939. The van der Waals surface area contributed by atoms with Crippen LogP contribution in [0.15, 0.2) is 158 Å². The van der Waals surface area contributed by atoms with Crippen molar-refractivity contribution in [3.05, 3.63) is 158 Å². The third-order valence-corrected chi connectivity index (χ3v) is 17.9. The number of aliphatic hydroxyl groups excluding tert-OH is 1. The van der Waals surface area contributed by atoms with E-state index < -0.39 is 97.5 Å². The molecule has 19 heteroatoms. The van der Waals surface area contributed by atoms with Gasteiger partial charge in [0.2, 0.25) is 0 Å². The van der Waals surface area contributed by atoms with Gasteiger partial charge in [0.05, 0.1) is 26.4 Å². The quantitative estimate of drug-likeness (QED) is 0.0169. The molecule has 0 saturated carbocycles. The predicted octanol–water partition coefficient (Wildman–Crippen LogP) is 23.2. The fourth-order valence-corrected chi connectivity index (χ4v) is 11.6. The minimum Gasteiger partial charge on any atom is -0.462 e. The summed E-state index contributed by atoms with van der Waals surface area (Å²) in [7, 11) is -9.99. The van der Waals surface area contributed by atoms with Crippen LogP contribution in [0.2, 0.25) is 0 Å². The van der Waals surface area contributed by atoms with E-state index in [9.17, 15) is 43.2 Å². The number of carbonyl (C=O) groups is 4. The van der Waals surface area contributed by atoms with Crippen LogP contribution in [0.5, 0.6) is 0 Å². The Balaban J connectivity index is 5.43. The van der Waals surface area contributed by atoms with Crippen LogP contribution in [0.1, 0.15) is 297 Å². The van der Waals surface area contributed by atoms with Crippen molar-refractivity contribution in [1.29, 1.82) is 0 Å². The molecule has 104 heavy (non-hydrogen) atoms. The topological polar surface area (TPSA) is 237 Å². The Morgan fingerprint density at radius 2 is 0.500 bits per heavy atom.